The maximum absolute atomic E-state index is 3.49. The second kappa shape index (κ2) is 11.1. The van der Waals surface area contributed by atoms with Gasteiger partial charge in [-0.2, -0.15) is 0 Å². The molecule has 17 heavy (non-hydrogen) atoms. The lowest BCUT2D eigenvalue weighted by atomic mass is 9.87. The molecule has 0 bridgehead atoms. The van der Waals surface area contributed by atoms with Gasteiger partial charge in [-0.05, 0) is 25.3 Å². The smallest absolute Gasteiger partial charge is 0.00921 e. The fourth-order valence-electron chi connectivity index (χ4n) is 2.46. The van der Waals surface area contributed by atoms with Gasteiger partial charge in [-0.15, -0.1) is 0 Å². The van der Waals surface area contributed by atoms with Crippen LogP contribution in [-0.4, -0.2) is 13.1 Å². The Balaban J connectivity index is 3.50. The zero-order chi connectivity index (χ0) is 13.1. The van der Waals surface area contributed by atoms with Crippen molar-refractivity contribution < 1.29 is 0 Å². The van der Waals surface area contributed by atoms with E-state index in [1.54, 1.807) is 0 Å². The van der Waals surface area contributed by atoms with E-state index in [0.717, 1.165) is 11.8 Å². The zero-order valence-corrected chi connectivity index (χ0v) is 12.9. The zero-order valence-electron chi connectivity index (χ0n) is 12.9. The molecule has 0 aromatic rings. The topological polar surface area (TPSA) is 12.0 Å². The van der Waals surface area contributed by atoms with Crippen LogP contribution in [-0.2, 0) is 0 Å². The lowest BCUT2D eigenvalue weighted by Crippen LogP contribution is -2.34. The van der Waals surface area contributed by atoms with Crippen LogP contribution in [0.1, 0.15) is 79.1 Å². The molecule has 0 aromatic carbocycles. The van der Waals surface area contributed by atoms with E-state index in [4.69, 9.17) is 0 Å². The van der Waals surface area contributed by atoms with Crippen molar-refractivity contribution in [3.05, 3.63) is 0 Å². The Labute approximate surface area is 110 Å². The Morgan fingerprint density at radius 2 is 1.35 bits per heavy atom. The summed E-state index contributed by atoms with van der Waals surface area (Å²) in [5.74, 6) is 1.58. The molecule has 0 amide bonds. The highest BCUT2D eigenvalue weighted by Gasteiger charge is 2.17. The second-order valence-corrected chi connectivity index (χ2v) is 5.91. The van der Waals surface area contributed by atoms with Gasteiger partial charge in [0.15, 0.2) is 0 Å². The highest BCUT2D eigenvalue weighted by Crippen LogP contribution is 2.19. The Bertz CT molecular complexity index is 154. The average Bonchev–Trinajstić information content (AvgIpc) is 2.32. The van der Waals surface area contributed by atoms with Gasteiger partial charge in [0.1, 0.15) is 0 Å². The van der Waals surface area contributed by atoms with E-state index in [0.29, 0.717) is 6.04 Å². The van der Waals surface area contributed by atoms with E-state index >= 15 is 0 Å². The van der Waals surface area contributed by atoms with Crippen LogP contribution in [0.25, 0.3) is 0 Å². The van der Waals surface area contributed by atoms with Gasteiger partial charge in [0, 0.05) is 6.04 Å². The lowest BCUT2D eigenvalue weighted by Gasteiger charge is -2.26. The molecule has 0 spiro atoms. The summed E-state index contributed by atoms with van der Waals surface area (Å²) in [5.41, 5.74) is 0. The largest absolute Gasteiger partial charge is 0.317 e. The van der Waals surface area contributed by atoms with Gasteiger partial charge in [0.05, 0.1) is 0 Å². The first-order valence-electron chi connectivity index (χ1n) is 7.80. The fourth-order valence-corrected chi connectivity index (χ4v) is 2.46. The van der Waals surface area contributed by atoms with E-state index in [1.807, 2.05) is 0 Å². The van der Waals surface area contributed by atoms with Gasteiger partial charge in [0.25, 0.3) is 0 Å². The van der Waals surface area contributed by atoms with E-state index in [1.165, 1.54) is 51.4 Å². The molecule has 0 heterocycles. The molecule has 0 radical (unpaired) electrons. The number of nitrogens with one attached hydrogen (secondary N) is 1. The summed E-state index contributed by atoms with van der Waals surface area (Å²) in [6.07, 6.45) is 11.3. The molecular formula is C16H35N. The van der Waals surface area contributed by atoms with Crippen molar-refractivity contribution in [2.45, 2.75) is 85.1 Å². The molecule has 1 heteroatoms. The maximum atomic E-state index is 3.49. The maximum Gasteiger partial charge on any atom is 0.00921 e. The Morgan fingerprint density at radius 1 is 0.824 bits per heavy atom. The monoisotopic (exact) mass is 241 g/mol. The van der Waals surface area contributed by atoms with Crippen LogP contribution in [0.3, 0.4) is 0 Å². The average molecular weight is 241 g/mol. The van der Waals surface area contributed by atoms with Gasteiger partial charge in [-0.25, -0.2) is 0 Å². The van der Waals surface area contributed by atoms with Crippen LogP contribution in [0.2, 0.25) is 0 Å². The van der Waals surface area contributed by atoms with E-state index in [-0.39, 0.29) is 0 Å². The summed E-state index contributed by atoms with van der Waals surface area (Å²) in [5, 5.41) is 3.49. The third kappa shape index (κ3) is 8.65. The first-order valence-corrected chi connectivity index (χ1v) is 7.80. The lowest BCUT2D eigenvalue weighted by molar-refractivity contribution is 0.291. The molecule has 104 valence electrons. The molecule has 2 unspecified atom stereocenters. The van der Waals surface area contributed by atoms with Crippen molar-refractivity contribution in [2.24, 2.45) is 11.8 Å². The Kier molecular flexibility index (Phi) is 11.0. The van der Waals surface area contributed by atoms with Crippen molar-refractivity contribution in [3.63, 3.8) is 0 Å². The normalized spacial score (nSPS) is 15.2. The molecular weight excluding hydrogens is 206 g/mol. The predicted molar refractivity (Wildman–Crippen MR) is 79.5 cm³/mol. The molecule has 0 fully saturated rings. The number of hydrogen-bond donors (Lipinski definition) is 1. The third-order valence-electron chi connectivity index (χ3n) is 4.18. The molecule has 0 aliphatic carbocycles. The van der Waals surface area contributed by atoms with E-state index in [2.05, 4.69) is 40.1 Å². The molecule has 1 N–H and O–H groups in total. The van der Waals surface area contributed by atoms with Crippen molar-refractivity contribution in [2.75, 3.05) is 7.05 Å². The Hall–Kier alpha value is -0.0400. The van der Waals surface area contributed by atoms with Crippen LogP contribution >= 0.6 is 0 Å². The minimum atomic E-state index is 0.714. The molecule has 2 atom stereocenters. The summed E-state index contributed by atoms with van der Waals surface area (Å²) in [6.45, 7) is 9.33. The second-order valence-electron chi connectivity index (χ2n) is 5.91. The van der Waals surface area contributed by atoms with Crippen molar-refractivity contribution in [1.29, 1.82) is 0 Å². The van der Waals surface area contributed by atoms with Crippen LogP contribution < -0.4 is 5.32 Å². The molecule has 0 aliphatic rings. The molecule has 0 rings (SSSR count). The molecule has 0 saturated carbocycles. The SMILES string of the molecule is CCCCCCCCCC(NC)C(C)C(C)C. The van der Waals surface area contributed by atoms with Crippen LogP contribution in [0, 0.1) is 11.8 Å². The van der Waals surface area contributed by atoms with Gasteiger partial charge < -0.3 is 5.32 Å². The van der Waals surface area contributed by atoms with Gasteiger partial charge >= 0.3 is 0 Å². The first-order chi connectivity index (χ1) is 8.13. The van der Waals surface area contributed by atoms with Gasteiger partial charge in [-0.3, -0.25) is 0 Å². The third-order valence-corrected chi connectivity index (χ3v) is 4.18. The van der Waals surface area contributed by atoms with Crippen LogP contribution in [0.4, 0.5) is 0 Å². The van der Waals surface area contributed by atoms with E-state index in [9.17, 15) is 0 Å². The highest BCUT2D eigenvalue weighted by atomic mass is 14.9. The van der Waals surface area contributed by atoms with Gasteiger partial charge in [-0.1, -0.05) is 72.6 Å². The number of hydrogen-bond acceptors (Lipinski definition) is 1. The number of rotatable bonds is 11. The summed E-state index contributed by atoms with van der Waals surface area (Å²) in [4.78, 5) is 0. The predicted octanol–water partition coefficient (Wildman–Crippen LogP) is 5.01. The summed E-state index contributed by atoms with van der Waals surface area (Å²) in [7, 11) is 2.12. The van der Waals surface area contributed by atoms with Crippen molar-refractivity contribution >= 4 is 0 Å². The van der Waals surface area contributed by atoms with Crippen molar-refractivity contribution in [3.8, 4) is 0 Å². The molecule has 0 aromatic heterocycles. The standard InChI is InChI=1S/C16H35N/c1-6-7-8-9-10-11-12-13-16(17-5)15(4)14(2)3/h14-17H,6-13H2,1-5H3. The highest BCUT2D eigenvalue weighted by molar-refractivity contribution is 4.74. The van der Waals surface area contributed by atoms with Crippen LogP contribution in [0.15, 0.2) is 0 Å². The number of unbranched alkanes of at least 4 members (excludes halogenated alkanes) is 6. The summed E-state index contributed by atoms with van der Waals surface area (Å²) >= 11 is 0. The summed E-state index contributed by atoms with van der Waals surface area (Å²) in [6, 6.07) is 0.714. The van der Waals surface area contributed by atoms with Crippen LogP contribution in [0.5, 0.6) is 0 Å². The molecule has 0 saturated heterocycles. The minimum Gasteiger partial charge on any atom is -0.317 e. The molecule has 1 nitrogen and oxygen atoms in total. The van der Waals surface area contributed by atoms with E-state index < -0.39 is 0 Å². The minimum absolute atomic E-state index is 0.714. The fraction of sp³-hybridized carbons (Fsp3) is 1.00. The van der Waals surface area contributed by atoms with Gasteiger partial charge in [0.2, 0.25) is 0 Å². The first kappa shape index (κ1) is 17.0. The Morgan fingerprint density at radius 3 is 1.82 bits per heavy atom. The quantitative estimate of drug-likeness (QED) is 0.502. The van der Waals surface area contributed by atoms with Crippen molar-refractivity contribution in [1.82, 2.24) is 5.32 Å². The summed E-state index contributed by atoms with van der Waals surface area (Å²) < 4.78 is 0. The molecule has 0 aliphatic heterocycles.